The van der Waals surface area contributed by atoms with Gasteiger partial charge in [0.25, 0.3) is 5.56 Å². The molecule has 3 N–H and O–H groups in total. The van der Waals surface area contributed by atoms with Crippen molar-refractivity contribution >= 4 is 22.5 Å². The molecule has 1 fully saturated rings. The van der Waals surface area contributed by atoms with E-state index in [2.05, 4.69) is 21.8 Å². The first kappa shape index (κ1) is 13.9. The standard InChI is InChI=1S/C16H22N4O/c1-2-11-4-3-8-20(9-7-11)16-18-14-6-5-12(17)10-13(14)15(21)19-16/h5-6,10-11H,2-4,7-9,17H2,1H3,(H,18,19,21). The van der Waals surface area contributed by atoms with Crippen molar-refractivity contribution in [3.8, 4) is 0 Å². The zero-order valence-electron chi connectivity index (χ0n) is 12.4. The van der Waals surface area contributed by atoms with Crippen molar-refractivity contribution in [3.63, 3.8) is 0 Å². The first-order chi connectivity index (χ1) is 10.2. The quantitative estimate of drug-likeness (QED) is 0.832. The van der Waals surface area contributed by atoms with Crippen LogP contribution in [0, 0.1) is 5.92 Å². The highest BCUT2D eigenvalue weighted by Crippen LogP contribution is 2.23. The zero-order chi connectivity index (χ0) is 14.8. The van der Waals surface area contributed by atoms with Crippen molar-refractivity contribution in [2.45, 2.75) is 32.6 Å². The summed E-state index contributed by atoms with van der Waals surface area (Å²) in [5, 5.41) is 0.556. The van der Waals surface area contributed by atoms with Crippen LogP contribution in [0.2, 0.25) is 0 Å². The van der Waals surface area contributed by atoms with Crippen molar-refractivity contribution in [2.75, 3.05) is 23.7 Å². The summed E-state index contributed by atoms with van der Waals surface area (Å²) in [6, 6.07) is 5.28. The number of fused-ring (bicyclic) bond motifs is 1. The van der Waals surface area contributed by atoms with Crippen molar-refractivity contribution in [3.05, 3.63) is 28.6 Å². The van der Waals surface area contributed by atoms with E-state index in [0.29, 0.717) is 22.5 Å². The van der Waals surface area contributed by atoms with Gasteiger partial charge >= 0.3 is 0 Å². The summed E-state index contributed by atoms with van der Waals surface area (Å²) in [5.74, 6) is 1.48. The summed E-state index contributed by atoms with van der Waals surface area (Å²) in [7, 11) is 0. The molecule has 0 bridgehead atoms. The average molecular weight is 286 g/mol. The van der Waals surface area contributed by atoms with Gasteiger partial charge in [0.1, 0.15) is 0 Å². The molecule has 5 heteroatoms. The van der Waals surface area contributed by atoms with Gasteiger partial charge in [0.15, 0.2) is 0 Å². The van der Waals surface area contributed by atoms with Gasteiger partial charge in [-0.15, -0.1) is 0 Å². The van der Waals surface area contributed by atoms with Crippen LogP contribution in [0.15, 0.2) is 23.0 Å². The number of aromatic amines is 1. The summed E-state index contributed by atoms with van der Waals surface area (Å²) in [5.41, 5.74) is 6.92. The molecule has 0 radical (unpaired) electrons. The molecular formula is C16H22N4O. The number of nitrogen functional groups attached to an aromatic ring is 1. The van der Waals surface area contributed by atoms with Crippen molar-refractivity contribution in [1.29, 1.82) is 0 Å². The van der Waals surface area contributed by atoms with E-state index in [-0.39, 0.29) is 5.56 Å². The van der Waals surface area contributed by atoms with E-state index in [1.54, 1.807) is 12.1 Å². The molecule has 2 aromatic rings. The highest BCUT2D eigenvalue weighted by atomic mass is 16.1. The van der Waals surface area contributed by atoms with Crippen LogP contribution >= 0.6 is 0 Å². The normalized spacial score (nSPS) is 19.7. The van der Waals surface area contributed by atoms with Crippen LogP contribution in [0.25, 0.3) is 10.9 Å². The van der Waals surface area contributed by atoms with E-state index in [0.717, 1.165) is 25.4 Å². The van der Waals surface area contributed by atoms with Crippen LogP contribution in [0.1, 0.15) is 32.6 Å². The average Bonchev–Trinajstić information content (AvgIpc) is 2.73. The number of benzene rings is 1. The number of aromatic nitrogens is 2. The number of nitrogens with two attached hydrogens (primary N) is 1. The summed E-state index contributed by atoms with van der Waals surface area (Å²) in [6.07, 6.45) is 4.82. The molecule has 0 saturated carbocycles. The molecule has 0 spiro atoms. The minimum Gasteiger partial charge on any atom is -0.399 e. The largest absolute Gasteiger partial charge is 0.399 e. The molecule has 5 nitrogen and oxygen atoms in total. The summed E-state index contributed by atoms with van der Waals surface area (Å²) >= 11 is 0. The summed E-state index contributed by atoms with van der Waals surface area (Å²) in [6.45, 7) is 4.17. The van der Waals surface area contributed by atoms with Crippen LogP contribution in [0.3, 0.4) is 0 Å². The number of rotatable bonds is 2. The van der Waals surface area contributed by atoms with E-state index >= 15 is 0 Å². The third kappa shape index (κ3) is 2.86. The van der Waals surface area contributed by atoms with Gasteiger partial charge < -0.3 is 10.6 Å². The van der Waals surface area contributed by atoms with Crippen LogP contribution in [0.4, 0.5) is 11.6 Å². The Morgan fingerprint density at radius 1 is 1.38 bits per heavy atom. The molecule has 1 atom stereocenters. The highest BCUT2D eigenvalue weighted by molar-refractivity contribution is 5.81. The second kappa shape index (κ2) is 5.76. The second-order valence-corrected chi connectivity index (χ2v) is 5.86. The molecule has 112 valence electrons. The monoisotopic (exact) mass is 286 g/mol. The topological polar surface area (TPSA) is 75.0 Å². The molecule has 21 heavy (non-hydrogen) atoms. The van der Waals surface area contributed by atoms with Gasteiger partial charge in [-0.3, -0.25) is 9.78 Å². The van der Waals surface area contributed by atoms with Crippen LogP contribution in [-0.4, -0.2) is 23.1 Å². The Balaban J connectivity index is 1.94. The van der Waals surface area contributed by atoms with E-state index in [1.165, 1.54) is 19.3 Å². The molecule has 0 amide bonds. The Bertz CT molecular complexity index is 694. The Kier molecular flexibility index (Phi) is 3.82. The van der Waals surface area contributed by atoms with E-state index in [1.807, 2.05) is 6.07 Å². The highest BCUT2D eigenvalue weighted by Gasteiger charge is 2.18. The molecule has 3 rings (SSSR count). The first-order valence-electron chi connectivity index (χ1n) is 7.72. The molecule has 1 aliphatic heterocycles. The molecule has 1 saturated heterocycles. The van der Waals surface area contributed by atoms with E-state index in [9.17, 15) is 4.79 Å². The SMILES string of the molecule is CCC1CCCN(c2nc3ccc(N)cc3c(=O)[nH]2)CC1. The second-order valence-electron chi connectivity index (χ2n) is 5.86. The minimum atomic E-state index is -0.112. The lowest BCUT2D eigenvalue weighted by atomic mass is 9.98. The van der Waals surface area contributed by atoms with Gasteiger partial charge in [-0.25, -0.2) is 4.98 Å². The fraction of sp³-hybridized carbons (Fsp3) is 0.500. The lowest BCUT2D eigenvalue weighted by Crippen LogP contribution is -2.28. The molecular weight excluding hydrogens is 264 g/mol. The molecule has 2 heterocycles. The predicted molar refractivity (Wildman–Crippen MR) is 86.6 cm³/mol. The Labute approximate surface area is 124 Å². The number of hydrogen-bond acceptors (Lipinski definition) is 4. The van der Waals surface area contributed by atoms with Gasteiger partial charge in [-0.05, 0) is 43.4 Å². The smallest absolute Gasteiger partial charge is 0.260 e. The molecule has 1 aromatic carbocycles. The predicted octanol–water partition coefficient (Wildman–Crippen LogP) is 2.52. The molecule has 1 aromatic heterocycles. The fourth-order valence-corrected chi connectivity index (χ4v) is 3.08. The first-order valence-corrected chi connectivity index (χ1v) is 7.72. The van der Waals surface area contributed by atoms with Gasteiger partial charge in [-0.1, -0.05) is 13.3 Å². The van der Waals surface area contributed by atoms with Crippen LogP contribution in [0.5, 0.6) is 0 Å². The third-order valence-electron chi connectivity index (χ3n) is 4.44. The van der Waals surface area contributed by atoms with Crippen molar-refractivity contribution < 1.29 is 0 Å². The lowest BCUT2D eigenvalue weighted by molar-refractivity contribution is 0.459. The van der Waals surface area contributed by atoms with Crippen LogP contribution in [-0.2, 0) is 0 Å². The zero-order valence-corrected chi connectivity index (χ0v) is 12.4. The third-order valence-corrected chi connectivity index (χ3v) is 4.44. The van der Waals surface area contributed by atoms with Crippen molar-refractivity contribution in [1.82, 2.24) is 9.97 Å². The number of hydrogen-bond donors (Lipinski definition) is 2. The van der Waals surface area contributed by atoms with E-state index in [4.69, 9.17) is 5.73 Å². The van der Waals surface area contributed by atoms with Gasteiger partial charge in [-0.2, -0.15) is 0 Å². The maximum Gasteiger partial charge on any atom is 0.260 e. The minimum absolute atomic E-state index is 0.112. The van der Waals surface area contributed by atoms with Gasteiger partial charge in [0.2, 0.25) is 5.95 Å². The Morgan fingerprint density at radius 2 is 2.24 bits per heavy atom. The Hall–Kier alpha value is -2.04. The molecule has 1 aliphatic rings. The maximum atomic E-state index is 12.2. The fourth-order valence-electron chi connectivity index (χ4n) is 3.08. The lowest BCUT2D eigenvalue weighted by Gasteiger charge is -2.21. The van der Waals surface area contributed by atoms with Crippen molar-refractivity contribution in [2.24, 2.45) is 5.92 Å². The Morgan fingerprint density at radius 3 is 3.05 bits per heavy atom. The number of H-pyrrole nitrogens is 1. The number of anilines is 2. The summed E-state index contributed by atoms with van der Waals surface area (Å²) < 4.78 is 0. The molecule has 0 aliphatic carbocycles. The van der Waals surface area contributed by atoms with Gasteiger partial charge in [0, 0.05) is 18.8 Å². The number of nitrogens with zero attached hydrogens (tertiary/aromatic N) is 2. The van der Waals surface area contributed by atoms with Gasteiger partial charge in [0.05, 0.1) is 10.9 Å². The molecule has 1 unspecified atom stereocenters. The maximum absolute atomic E-state index is 12.2. The van der Waals surface area contributed by atoms with E-state index < -0.39 is 0 Å². The summed E-state index contributed by atoms with van der Waals surface area (Å²) in [4.78, 5) is 21.9. The number of nitrogens with one attached hydrogen (secondary N) is 1. The van der Waals surface area contributed by atoms with Crippen LogP contribution < -0.4 is 16.2 Å².